The predicted molar refractivity (Wildman–Crippen MR) is 96.0 cm³/mol. The molecule has 5 rings (SSSR count). The average Bonchev–Trinajstić information content (AvgIpc) is 2.44. The first kappa shape index (κ1) is 16.6. The van der Waals surface area contributed by atoms with Crippen molar-refractivity contribution in [1.29, 1.82) is 0 Å². The van der Waals surface area contributed by atoms with E-state index in [9.17, 15) is 8.42 Å². The Morgan fingerprint density at radius 2 is 1.58 bits per heavy atom. The molecule has 0 heterocycles. The van der Waals surface area contributed by atoms with Gasteiger partial charge >= 0.3 is 0 Å². The summed E-state index contributed by atoms with van der Waals surface area (Å²) in [6.07, 6.45) is 5.67. The normalized spacial score (nSPS) is 38.5. The van der Waals surface area contributed by atoms with Gasteiger partial charge in [0.2, 0.25) is 10.0 Å². The van der Waals surface area contributed by atoms with Gasteiger partial charge in [-0.1, -0.05) is 39.0 Å². The number of nitrogens with one attached hydrogen (secondary N) is 1. The van der Waals surface area contributed by atoms with Crippen LogP contribution in [0, 0.1) is 29.1 Å². The highest BCUT2D eigenvalue weighted by Crippen LogP contribution is 2.62. The van der Waals surface area contributed by atoms with Gasteiger partial charge in [0, 0.05) is 5.54 Å². The Morgan fingerprint density at radius 3 is 2.12 bits per heavy atom. The molecule has 132 valence electrons. The van der Waals surface area contributed by atoms with Crippen molar-refractivity contribution in [2.75, 3.05) is 0 Å². The van der Waals surface area contributed by atoms with Crippen LogP contribution in [0.3, 0.4) is 0 Å². The smallest absolute Gasteiger partial charge is 0.207 e. The van der Waals surface area contributed by atoms with Gasteiger partial charge in [-0.25, -0.2) is 13.1 Å². The number of rotatable bonds is 3. The molecule has 0 aliphatic heterocycles. The van der Waals surface area contributed by atoms with E-state index in [4.69, 9.17) is 0 Å². The molecule has 0 radical (unpaired) electrons. The third-order valence-electron chi connectivity index (χ3n) is 6.68. The summed E-state index contributed by atoms with van der Waals surface area (Å²) in [5.41, 5.74) is 0.120. The summed E-state index contributed by atoms with van der Waals surface area (Å²) in [6, 6.07) is 8.84. The average molecular weight is 348 g/mol. The molecule has 4 fully saturated rings. The molecule has 3 nitrogen and oxygen atoms in total. The molecule has 0 aromatic heterocycles. The number of hydrogen-bond acceptors (Lipinski definition) is 2. The Balaban J connectivity index is 1.62. The molecule has 4 heteroatoms. The summed E-state index contributed by atoms with van der Waals surface area (Å²) in [6.45, 7) is 7.09. The molecule has 4 aliphatic rings. The third kappa shape index (κ3) is 2.72. The minimum Gasteiger partial charge on any atom is -0.207 e. The van der Waals surface area contributed by atoms with E-state index in [1.165, 1.54) is 12.8 Å². The monoisotopic (exact) mass is 347 g/mol. The van der Waals surface area contributed by atoms with Crippen molar-refractivity contribution in [2.45, 2.75) is 63.3 Å². The molecule has 0 spiro atoms. The Morgan fingerprint density at radius 1 is 1.00 bits per heavy atom. The van der Waals surface area contributed by atoms with Gasteiger partial charge in [-0.3, -0.25) is 0 Å². The third-order valence-corrected chi connectivity index (χ3v) is 8.27. The van der Waals surface area contributed by atoms with Gasteiger partial charge in [-0.15, -0.1) is 0 Å². The van der Waals surface area contributed by atoms with E-state index in [2.05, 4.69) is 25.5 Å². The Kier molecular flexibility index (Phi) is 3.67. The van der Waals surface area contributed by atoms with E-state index in [1.54, 1.807) is 24.3 Å². The van der Waals surface area contributed by atoms with Crippen LogP contribution in [0.15, 0.2) is 35.2 Å². The quantitative estimate of drug-likeness (QED) is 0.890. The van der Waals surface area contributed by atoms with Crippen molar-refractivity contribution in [3.8, 4) is 0 Å². The summed E-state index contributed by atoms with van der Waals surface area (Å²) in [7, 11) is -3.43. The first-order chi connectivity index (χ1) is 11.2. The van der Waals surface area contributed by atoms with Gasteiger partial charge in [-0.05, 0) is 73.3 Å². The van der Waals surface area contributed by atoms with Gasteiger partial charge in [0.15, 0.2) is 0 Å². The van der Waals surface area contributed by atoms with Crippen molar-refractivity contribution >= 4 is 10.0 Å². The van der Waals surface area contributed by atoms with Crippen molar-refractivity contribution in [3.05, 3.63) is 30.3 Å². The lowest BCUT2D eigenvalue weighted by Gasteiger charge is -2.62. The topological polar surface area (TPSA) is 46.2 Å². The van der Waals surface area contributed by atoms with Crippen LogP contribution in [0.2, 0.25) is 0 Å². The van der Waals surface area contributed by atoms with Crippen molar-refractivity contribution in [2.24, 2.45) is 29.1 Å². The Bertz CT molecular complexity index is 704. The number of benzene rings is 1. The van der Waals surface area contributed by atoms with E-state index < -0.39 is 10.0 Å². The molecule has 2 atom stereocenters. The first-order valence-corrected chi connectivity index (χ1v) is 10.8. The second kappa shape index (κ2) is 5.31. The molecule has 1 N–H and O–H groups in total. The Hall–Kier alpha value is -0.870. The van der Waals surface area contributed by atoms with Crippen LogP contribution < -0.4 is 4.72 Å². The van der Waals surface area contributed by atoms with Crippen LogP contribution in [-0.2, 0) is 10.0 Å². The fourth-order valence-corrected chi connectivity index (χ4v) is 7.96. The molecular weight excluding hydrogens is 318 g/mol. The summed E-state index contributed by atoms with van der Waals surface area (Å²) in [5, 5.41) is 0. The molecule has 1 aromatic rings. The zero-order chi connectivity index (χ0) is 17.2. The van der Waals surface area contributed by atoms with Crippen LogP contribution in [-0.4, -0.2) is 14.0 Å². The summed E-state index contributed by atoms with van der Waals surface area (Å²) in [5.74, 6) is 2.80. The zero-order valence-electron chi connectivity index (χ0n) is 15.0. The molecule has 24 heavy (non-hydrogen) atoms. The molecule has 1 aromatic carbocycles. The maximum absolute atomic E-state index is 12.9. The lowest BCUT2D eigenvalue weighted by atomic mass is 9.45. The van der Waals surface area contributed by atoms with E-state index in [0.29, 0.717) is 28.1 Å². The van der Waals surface area contributed by atoms with Crippen LogP contribution >= 0.6 is 0 Å². The fraction of sp³-hybridized carbons (Fsp3) is 0.700. The largest absolute Gasteiger partial charge is 0.241 e. The van der Waals surface area contributed by atoms with E-state index in [1.807, 2.05) is 6.07 Å². The second-order valence-corrected chi connectivity index (χ2v) is 11.2. The molecule has 4 saturated carbocycles. The SMILES string of the molecule is CC(C)(C)C1C2CC3CC1CC(NS(=O)(=O)c1ccccc1)(C3)C2. The summed E-state index contributed by atoms with van der Waals surface area (Å²) in [4.78, 5) is 0.396. The lowest BCUT2D eigenvalue weighted by Crippen LogP contribution is -2.63. The predicted octanol–water partition coefficient (Wildman–Crippen LogP) is 4.21. The van der Waals surface area contributed by atoms with E-state index >= 15 is 0 Å². The van der Waals surface area contributed by atoms with E-state index in [-0.39, 0.29) is 5.54 Å². The lowest BCUT2D eigenvalue weighted by molar-refractivity contribution is -0.0969. The van der Waals surface area contributed by atoms with Crippen LogP contribution in [0.5, 0.6) is 0 Å². The van der Waals surface area contributed by atoms with Crippen molar-refractivity contribution < 1.29 is 8.42 Å². The molecule has 0 amide bonds. The number of sulfonamides is 1. The highest BCUT2D eigenvalue weighted by atomic mass is 32.2. The molecule has 2 unspecified atom stereocenters. The van der Waals surface area contributed by atoms with Gasteiger partial charge in [0.25, 0.3) is 0 Å². The fourth-order valence-electron chi connectivity index (χ4n) is 6.51. The molecule has 4 aliphatic carbocycles. The summed E-state index contributed by atoms with van der Waals surface area (Å²) < 4.78 is 28.9. The maximum Gasteiger partial charge on any atom is 0.241 e. The van der Waals surface area contributed by atoms with Crippen LogP contribution in [0.1, 0.15) is 52.9 Å². The molecule has 4 bridgehead atoms. The summed E-state index contributed by atoms with van der Waals surface area (Å²) >= 11 is 0. The highest BCUT2D eigenvalue weighted by Gasteiger charge is 2.58. The minimum atomic E-state index is -3.43. The molecule has 0 saturated heterocycles. The zero-order valence-corrected chi connectivity index (χ0v) is 15.8. The van der Waals surface area contributed by atoms with Gasteiger partial charge < -0.3 is 0 Å². The second-order valence-electron chi connectivity index (χ2n) is 9.56. The van der Waals surface area contributed by atoms with Gasteiger partial charge in [0.05, 0.1) is 4.90 Å². The van der Waals surface area contributed by atoms with Crippen LogP contribution in [0.25, 0.3) is 0 Å². The van der Waals surface area contributed by atoms with Crippen molar-refractivity contribution in [3.63, 3.8) is 0 Å². The standard InChI is InChI=1S/C20H29NO2S/c1-19(2,3)18-15-9-14-10-16(18)13-20(11-14,12-15)21-24(22,23)17-7-5-4-6-8-17/h4-8,14-16,18,21H,9-13H2,1-3H3. The number of hydrogen-bond donors (Lipinski definition) is 1. The highest BCUT2D eigenvalue weighted by molar-refractivity contribution is 7.89. The van der Waals surface area contributed by atoms with Gasteiger partial charge in [-0.2, -0.15) is 0 Å². The first-order valence-electron chi connectivity index (χ1n) is 9.28. The van der Waals surface area contributed by atoms with Crippen molar-refractivity contribution in [1.82, 2.24) is 4.72 Å². The van der Waals surface area contributed by atoms with Crippen LogP contribution in [0.4, 0.5) is 0 Å². The minimum absolute atomic E-state index is 0.201. The van der Waals surface area contributed by atoms with Gasteiger partial charge in [0.1, 0.15) is 0 Å². The molecular formula is C20H29NO2S. The van der Waals surface area contributed by atoms with E-state index in [0.717, 1.165) is 25.2 Å². The Labute approximate surface area is 146 Å². The maximum atomic E-state index is 12.9.